The fraction of sp³-hybridized carbons (Fsp3) is 0.818. The van der Waals surface area contributed by atoms with Crippen molar-refractivity contribution in [1.82, 2.24) is 5.32 Å². The van der Waals surface area contributed by atoms with E-state index in [-0.39, 0.29) is 0 Å². The summed E-state index contributed by atoms with van der Waals surface area (Å²) in [6.07, 6.45) is 2.70. The average molecular weight is 165 g/mol. The summed E-state index contributed by atoms with van der Waals surface area (Å²) in [5.41, 5.74) is 0. The second-order valence-corrected chi connectivity index (χ2v) is 3.98. The Morgan fingerprint density at radius 3 is 2.58 bits per heavy atom. The molecule has 1 aliphatic carbocycles. The average Bonchev–Trinajstić information content (AvgIpc) is 1.93. The second kappa shape index (κ2) is 4.52. The van der Waals surface area contributed by atoms with Crippen molar-refractivity contribution in [2.75, 3.05) is 6.54 Å². The van der Waals surface area contributed by atoms with Crippen molar-refractivity contribution < 1.29 is 0 Å². The number of nitrogens with one attached hydrogen (secondary N) is 1. The van der Waals surface area contributed by atoms with E-state index >= 15 is 0 Å². The molecule has 0 amide bonds. The Morgan fingerprint density at radius 2 is 2.08 bits per heavy atom. The first kappa shape index (κ1) is 9.61. The highest BCUT2D eigenvalue weighted by molar-refractivity contribution is 4.99. The van der Waals surface area contributed by atoms with Crippen molar-refractivity contribution in [3.8, 4) is 11.8 Å². The maximum atomic E-state index is 3.43. The van der Waals surface area contributed by atoms with Crippen molar-refractivity contribution in [2.45, 2.75) is 39.7 Å². The minimum atomic E-state index is 0.748. The van der Waals surface area contributed by atoms with Gasteiger partial charge in [-0.1, -0.05) is 19.8 Å². The minimum Gasteiger partial charge on any atom is -0.303 e. The molecule has 0 atom stereocenters. The van der Waals surface area contributed by atoms with E-state index in [1.165, 1.54) is 12.8 Å². The molecule has 0 aliphatic heterocycles. The topological polar surface area (TPSA) is 12.0 Å². The van der Waals surface area contributed by atoms with Crippen LogP contribution in [0.1, 0.15) is 33.6 Å². The van der Waals surface area contributed by atoms with Gasteiger partial charge in [-0.2, -0.15) is 0 Å². The van der Waals surface area contributed by atoms with Gasteiger partial charge >= 0.3 is 0 Å². The lowest BCUT2D eigenvalue weighted by atomic mass is 9.74. The molecular weight excluding hydrogens is 146 g/mol. The molecule has 0 spiro atoms. The zero-order valence-corrected chi connectivity index (χ0v) is 8.35. The fourth-order valence-corrected chi connectivity index (χ4v) is 1.66. The van der Waals surface area contributed by atoms with Gasteiger partial charge in [-0.3, -0.25) is 0 Å². The normalized spacial score (nSPS) is 27.7. The van der Waals surface area contributed by atoms with E-state index in [4.69, 9.17) is 0 Å². The summed E-state index contributed by atoms with van der Waals surface area (Å²) in [6, 6.07) is 0.748. The molecule has 1 heteroatoms. The Balaban J connectivity index is 2.04. The summed E-state index contributed by atoms with van der Waals surface area (Å²) in [7, 11) is 0. The number of rotatable bonds is 3. The van der Waals surface area contributed by atoms with Crippen LogP contribution in [0, 0.1) is 23.7 Å². The smallest absolute Gasteiger partial charge is 0.0578 e. The Bertz CT molecular complexity index is 179. The molecular formula is C11H19N. The van der Waals surface area contributed by atoms with Crippen LogP contribution in [0.5, 0.6) is 0 Å². The van der Waals surface area contributed by atoms with Crippen molar-refractivity contribution in [1.29, 1.82) is 0 Å². The first-order chi connectivity index (χ1) is 5.74. The SMILES string of the molecule is CC#CCNC1CC(C(C)C)C1. The van der Waals surface area contributed by atoms with Crippen LogP contribution in [0.3, 0.4) is 0 Å². The summed E-state index contributed by atoms with van der Waals surface area (Å²) in [6.45, 7) is 7.38. The number of hydrogen-bond acceptors (Lipinski definition) is 1. The first-order valence-electron chi connectivity index (χ1n) is 4.87. The quantitative estimate of drug-likeness (QED) is 0.631. The van der Waals surface area contributed by atoms with Gasteiger partial charge in [-0.15, -0.1) is 5.92 Å². The summed E-state index contributed by atoms with van der Waals surface area (Å²) < 4.78 is 0. The lowest BCUT2D eigenvalue weighted by Crippen LogP contribution is -2.43. The third-order valence-corrected chi connectivity index (χ3v) is 2.77. The van der Waals surface area contributed by atoms with Gasteiger partial charge in [0.1, 0.15) is 0 Å². The van der Waals surface area contributed by atoms with E-state index in [1.54, 1.807) is 0 Å². The molecule has 68 valence electrons. The van der Waals surface area contributed by atoms with Crippen LogP contribution in [0.15, 0.2) is 0 Å². The van der Waals surface area contributed by atoms with Crippen molar-refractivity contribution >= 4 is 0 Å². The molecule has 0 bridgehead atoms. The largest absolute Gasteiger partial charge is 0.303 e. The molecule has 0 radical (unpaired) electrons. The monoisotopic (exact) mass is 165 g/mol. The molecule has 0 aromatic rings. The van der Waals surface area contributed by atoms with Crippen LogP contribution in [-0.2, 0) is 0 Å². The molecule has 0 unspecified atom stereocenters. The van der Waals surface area contributed by atoms with E-state index in [1.807, 2.05) is 6.92 Å². The molecule has 12 heavy (non-hydrogen) atoms. The van der Waals surface area contributed by atoms with Gasteiger partial charge in [-0.05, 0) is 31.6 Å². The molecule has 1 nitrogen and oxygen atoms in total. The Labute approximate surface area is 75.9 Å². The summed E-state index contributed by atoms with van der Waals surface area (Å²) in [5, 5.41) is 3.43. The van der Waals surface area contributed by atoms with Gasteiger partial charge in [0.25, 0.3) is 0 Å². The van der Waals surface area contributed by atoms with Gasteiger partial charge in [0.2, 0.25) is 0 Å². The van der Waals surface area contributed by atoms with Gasteiger partial charge in [-0.25, -0.2) is 0 Å². The molecule has 1 fully saturated rings. The molecule has 0 aromatic carbocycles. The molecule has 0 aromatic heterocycles. The molecule has 1 N–H and O–H groups in total. The Kier molecular flexibility index (Phi) is 3.62. The van der Waals surface area contributed by atoms with Crippen LogP contribution in [0.25, 0.3) is 0 Å². The van der Waals surface area contributed by atoms with E-state index in [2.05, 4.69) is 31.0 Å². The Morgan fingerprint density at radius 1 is 1.42 bits per heavy atom. The van der Waals surface area contributed by atoms with E-state index in [9.17, 15) is 0 Å². The Hall–Kier alpha value is -0.480. The fourth-order valence-electron chi connectivity index (χ4n) is 1.66. The van der Waals surface area contributed by atoms with Gasteiger partial charge in [0.05, 0.1) is 6.54 Å². The lowest BCUT2D eigenvalue weighted by Gasteiger charge is -2.38. The standard InChI is InChI=1S/C11H19N/c1-4-5-6-12-11-7-10(8-11)9(2)3/h9-12H,6-8H2,1-3H3. The highest BCUT2D eigenvalue weighted by Crippen LogP contribution is 2.33. The maximum Gasteiger partial charge on any atom is 0.0578 e. The third kappa shape index (κ3) is 2.53. The first-order valence-corrected chi connectivity index (χ1v) is 4.87. The summed E-state index contributed by atoms with van der Waals surface area (Å²) >= 11 is 0. The van der Waals surface area contributed by atoms with Gasteiger partial charge in [0, 0.05) is 6.04 Å². The molecule has 1 aliphatic rings. The number of hydrogen-bond donors (Lipinski definition) is 1. The van der Waals surface area contributed by atoms with E-state index in [0.29, 0.717) is 0 Å². The lowest BCUT2D eigenvalue weighted by molar-refractivity contribution is 0.173. The van der Waals surface area contributed by atoms with Crippen LogP contribution < -0.4 is 5.32 Å². The maximum absolute atomic E-state index is 3.43. The molecule has 0 heterocycles. The molecule has 0 saturated heterocycles. The highest BCUT2D eigenvalue weighted by atomic mass is 14.9. The van der Waals surface area contributed by atoms with E-state index < -0.39 is 0 Å². The van der Waals surface area contributed by atoms with Gasteiger partial charge < -0.3 is 5.32 Å². The highest BCUT2D eigenvalue weighted by Gasteiger charge is 2.30. The zero-order chi connectivity index (χ0) is 8.97. The van der Waals surface area contributed by atoms with Gasteiger partial charge in [0.15, 0.2) is 0 Å². The summed E-state index contributed by atoms with van der Waals surface area (Å²) in [5.74, 6) is 7.74. The van der Waals surface area contributed by atoms with Crippen LogP contribution in [0.4, 0.5) is 0 Å². The van der Waals surface area contributed by atoms with Crippen LogP contribution in [0.2, 0.25) is 0 Å². The minimum absolute atomic E-state index is 0.748. The summed E-state index contributed by atoms with van der Waals surface area (Å²) in [4.78, 5) is 0. The molecule has 1 saturated carbocycles. The van der Waals surface area contributed by atoms with Crippen molar-refractivity contribution in [3.63, 3.8) is 0 Å². The third-order valence-electron chi connectivity index (χ3n) is 2.77. The van der Waals surface area contributed by atoms with E-state index in [0.717, 1.165) is 24.4 Å². The zero-order valence-electron chi connectivity index (χ0n) is 8.35. The van der Waals surface area contributed by atoms with Crippen molar-refractivity contribution in [3.05, 3.63) is 0 Å². The predicted molar refractivity (Wildman–Crippen MR) is 52.8 cm³/mol. The van der Waals surface area contributed by atoms with Crippen LogP contribution >= 0.6 is 0 Å². The predicted octanol–water partition coefficient (Wildman–Crippen LogP) is 2.03. The van der Waals surface area contributed by atoms with Crippen molar-refractivity contribution in [2.24, 2.45) is 11.8 Å². The molecule has 1 rings (SSSR count). The second-order valence-electron chi connectivity index (χ2n) is 3.98. The van der Waals surface area contributed by atoms with Crippen LogP contribution in [-0.4, -0.2) is 12.6 Å².